The third-order valence-corrected chi connectivity index (χ3v) is 3.91. The average Bonchev–Trinajstić information content (AvgIpc) is 2.53. The summed E-state index contributed by atoms with van der Waals surface area (Å²) < 4.78 is 0. The van der Waals surface area contributed by atoms with Crippen molar-refractivity contribution in [1.82, 2.24) is 0 Å². The van der Waals surface area contributed by atoms with Crippen LogP contribution in [0.3, 0.4) is 0 Å². The highest BCUT2D eigenvalue weighted by atomic mass is 14.1. The van der Waals surface area contributed by atoms with Gasteiger partial charge < -0.3 is 0 Å². The molecule has 0 aliphatic carbocycles. The molecule has 0 heteroatoms. The molecule has 0 saturated heterocycles. The third kappa shape index (κ3) is 1.44. The molecule has 4 rings (SSSR count). The fourth-order valence-electron chi connectivity index (χ4n) is 2.99. The molecular weight excluding hydrogens is 240 g/mol. The van der Waals surface area contributed by atoms with Gasteiger partial charge in [0, 0.05) is 10.9 Å². The SMILES string of the molecule is C#Cc1cccc2ccc3ccc4ccccc4c3c12. The van der Waals surface area contributed by atoms with Crippen molar-refractivity contribution < 1.29 is 0 Å². The smallest absolute Gasteiger partial charge is 0.0327 e. The quantitative estimate of drug-likeness (QED) is 0.301. The van der Waals surface area contributed by atoms with Gasteiger partial charge in [-0.05, 0) is 33.0 Å². The molecule has 0 spiro atoms. The molecule has 0 saturated carbocycles. The highest BCUT2D eigenvalue weighted by Gasteiger charge is 2.07. The zero-order valence-electron chi connectivity index (χ0n) is 10.9. The first-order chi connectivity index (χ1) is 9.88. The van der Waals surface area contributed by atoms with Crippen molar-refractivity contribution in [2.75, 3.05) is 0 Å². The maximum absolute atomic E-state index is 5.70. The van der Waals surface area contributed by atoms with E-state index in [-0.39, 0.29) is 0 Å². The summed E-state index contributed by atoms with van der Waals surface area (Å²) in [4.78, 5) is 0. The van der Waals surface area contributed by atoms with Crippen LogP contribution < -0.4 is 0 Å². The molecule has 0 aliphatic rings. The maximum Gasteiger partial charge on any atom is 0.0327 e. The molecular formula is C20H12. The minimum absolute atomic E-state index is 0.962. The summed E-state index contributed by atoms with van der Waals surface area (Å²) in [7, 11) is 0. The molecule has 4 aromatic rings. The lowest BCUT2D eigenvalue weighted by Gasteiger charge is -2.09. The van der Waals surface area contributed by atoms with Gasteiger partial charge in [-0.2, -0.15) is 0 Å². The van der Waals surface area contributed by atoms with Gasteiger partial charge in [-0.1, -0.05) is 66.6 Å². The number of benzene rings is 4. The Bertz CT molecular complexity index is 995. The predicted molar refractivity (Wildman–Crippen MR) is 86.9 cm³/mol. The Balaban J connectivity index is 2.40. The number of terminal acetylenes is 1. The predicted octanol–water partition coefficient (Wildman–Crippen LogP) is 5.13. The molecule has 0 atom stereocenters. The lowest BCUT2D eigenvalue weighted by atomic mass is 9.94. The van der Waals surface area contributed by atoms with Gasteiger partial charge in [0.05, 0.1) is 0 Å². The van der Waals surface area contributed by atoms with Gasteiger partial charge in [0.2, 0.25) is 0 Å². The molecule has 92 valence electrons. The van der Waals surface area contributed by atoms with Crippen molar-refractivity contribution in [3.8, 4) is 12.3 Å². The van der Waals surface area contributed by atoms with Gasteiger partial charge in [-0.25, -0.2) is 0 Å². The van der Waals surface area contributed by atoms with E-state index in [1.165, 1.54) is 32.3 Å². The Hall–Kier alpha value is -2.78. The summed E-state index contributed by atoms with van der Waals surface area (Å²) in [6.07, 6.45) is 5.70. The summed E-state index contributed by atoms with van der Waals surface area (Å²) in [5, 5.41) is 7.39. The minimum Gasteiger partial charge on any atom is -0.115 e. The highest BCUT2D eigenvalue weighted by molar-refractivity contribution is 6.21. The molecule has 0 bridgehead atoms. The first kappa shape index (κ1) is 11.1. The zero-order chi connectivity index (χ0) is 13.5. The topological polar surface area (TPSA) is 0 Å². The molecule has 0 unspecified atom stereocenters. The molecule has 0 aromatic heterocycles. The molecule has 0 radical (unpaired) electrons. The van der Waals surface area contributed by atoms with E-state index in [9.17, 15) is 0 Å². The Morgan fingerprint density at radius 3 is 2.05 bits per heavy atom. The summed E-state index contributed by atoms with van der Waals surface area (Å²) in [5.41, 5.74) is 0.962. The van der Waals surface area contributed by atoms with Crippen LogP contribution in [0, 0.1) is 12.3 Å². The Morgan fingerprint density at radius 1 is 0.600 bits per heavy atom. The first-order valence-corrected chi connectivity index (χ1v) is 6.68. The highest BCUT2D eigenvalue weighted by Crippen LogP contribution is 2.33. The van der Waals surface area contributed by atoms with Crippen LogP contribution in [0.2, 0.25) is 0 Å². The molecule has 0 fully saturated rings. The van der Waals surface area contributed by atoms with Gasteiger partial charge in [0.25, 0.3) is 0 Å². The number of hydrogen-bond donors (Lipinski definition) is 0. The number of hydrogen-bond acceptors (Lipinski definition) is 0. The minimum atomic E-state index is 0.962. The van der Waals surface area contributed by atoms with Crippen molar-refractivity contribution in [3.63, 3.8) is 0 Å². The fourth-order valence-corrected chi connectivity index (χ4v) is 2.99. The van der Waals surface area contributed by atoms with Crippen LogP contribution in [-0.2, 0) is 0 Å². The van der Waals surface area contributed by atoms with Gasteiger partial charge in [0.1, 0.15) is 0 Å². The standard InChI is InChI=1S/C20H12/c1-2-14-7-5-8-16-12-13-17-11-10-15-6-3-4-9-18(15)20(17)19(14)16/h1,3-13H. The van der Waals surface area contributed by atoms with Crippen molar-refractivity contribution in [2.45, 2.75) is 0 Å². The first-order valence-electron chi connectivity index (χ1n) is 6.68. The van der Waals surface area contributed by atoms with E-state index in [1.54, 1.807) is 0 Å². The molecule has 4 aromatic carbocycles. The van der Waals surface area contributed by atoms with E-state index in [2.05, 4.69) is 60.5 Å². The Morgan fingerprint density at radius 2 is 1.25 bits per heavy atom. The second-order valence-electron chi connectivity index (χ2n) is 5.00. The summed E-state index contributed by atoms with van der Waals surface area (Å²) in [5.74, 6) is 2.83. The molecule has 0 amide bonds. The number of rotatable bonds is 0. The average molecular weight is 252 g/mol. The maximum atomic E-state index is 5.70. The van der Waals surface area contributed by atoms with E-state index in [0.29, 0.717) is 0 Å². The van der Waals surface area contributed by atoms with Gasteiger partial charge in [-0.3, -0.25) is 0 Å². The van der Waals surface area contributed by atoms with Crippen molar-refractivity contribution in [1.29, 1.82) is 0 Å². The van der Waals surface area contributed by atoms with Crippen molar-refractivity contribution in [3.05, 3.63) is 72.3 Å². The second-order valence-corrected chi connectivity index (χ2v) is 5.00. The molecule has 20 heavy (non-hydrogen) atoms. The summed E-state index contributed by atoms with van der Waals surface area (Å²) in [6, 6.07) is 23.3. The normalized spacial score (nSPS) is 10.9. The van der Waals surface area contributed by atoms with Crippen LogP contribution in [0.5, 0.6) is 0 Å². The van der Waals surface area contributed by atoms with Gasteiger partial charge in [0.15, 0.2) is 0 Å². The van der Waals surface area contributed by atoms with Crippen LogP contribution in [-0.4, -0.2) is 0 Å². The van der Waals surface area contributed by atoms with E-state index in [4.69, 9.17) is 6.42 Å². The van der Waals surface area contributed by atoms with Crippen LogP contribution in [0.4, 0.5) is 0 Å². The van der Waals surface area contributed by atoms with E-state index in [1.807, 2.05) is 12.1 Å². The third-order valence-electron chi connectivity index (χ3n) is 3.91. The van der Waals surface area contributed by atoms with Crippen LogP contribution in [0.15, 0.2) is 66.7 Å². The van der Waals surface area contributed by atoms with E-state index >= 15 is 0 Å². The molecule has 0 aliphatic heterocycles. The lowest BCUT2D eigenvalue weighted by Crippen LogP contribution is -1.84. The van der Waals surface area contributed by atoms with Crippen LogP contribution in [0.1, 0.15) is 5.56 Å². The largest absolute Gasteiger partial charge is 0.115 e. The van der Waals surface area contributed by atoms with Gasteiger partial charge in [-0.15, -0.1) is 6.42 Å². The molecule has 0 nitrogen and oxygen atoms in total. The van der Waals surface area contributed by atoms with Crippen molar-refractivity contribution in [2.24, 2.45) is 0 Å². The monoisotopic (exact) mass is 252 g/mol. The zero-order valence-corrected chi connectivity index (χ0v) is 10.9. The summed E-state index contributed by atoms with van der Waals surface area (Å²) >= 11 is 0. The number of fused-ring (bicyclic) bond motifs is 5. The lowest BCUT2D eigenvalue weighted by molar-refractivity contribution is 1.74. The van der Waals surface area contributed by atoms with Crippen LogP contribution >= 0.6 is 0 Å². The van der Waals surface area contributed by atoms with E-state index in [0.717, 1.165) is 5.56 Å². The summed E-state index contributed by atoms with van der Waals surface area (Å²) in [6.45, 7) is 0. The van der Waals surface area contributed by atoms with E-state index < -0.39 is 0 Å². The fraction of sp³-hybridized carbons (Fsp3) is 0. The van der Waals surface area contributed by atoms with Crippen LogP contribution in [0.25, 0.3) is 32.3 Å². The van der Waals surface area contributed by atoms with Crippen molar-refractivity contribution >= 4 is 32.3 Å². The molecule has 0 N–H and O–H groups in total. The second kappa shape index (κ2) is 4.11. The molecule has 0 heterocycles. The Kier molecular flexibility index (Phi) is 2.28. The Labute approximate surface area is 117 Å². The van der Waals surface area contributed by atoms with Gasteiger partial charge >= 0.3 is 0 Å².